The zero-order valence-corrected chi connectivity index (χ0v) is 17.2. The maximum atomic E-state index is 12.9. The topological polar surface area (TPSA) is 75.7 Å². The molecule has 1 saturated carbocycles. The van der Waals surface area contributed by atoms with Crippen LogP contribution < -0.4 is 10.1 Å². The number of imide groups is 1. The molecule has 6 heteroatoms. The molecule has 1 N–H and O–H groups in total. The van der Waals surface area contributed by atoms with Crippen LogP contribution in [0.15, 0.2) is 24.3 Å². The zero-order valence-electron chi connectivity index (χ0n) is 17.2. The van der Waals surface area contributed by atoms with E-state index in [2.05, 4.69) is 5.32 Å². The maximum Gasteiger partial charge on any atom is 0.240 e. The highest BCUT2D eigenvalue weighted by Crippen LogP contribution is 2.59. The van der Waals surface area contributed by atoms with E-state index < -0.39 is 5.41 Å². The number of benzene rings is 1. The predicted molar refractivity (Wildman–Crippen MR) is 106 cm³/mol. The number of fused-ring (bicyclic) bond motifs is 2. The van der Waals surface area contributed by atoms with Crippen molar-refractivity contribution in [2.24, 2.45) is 16.7 Å². The van der Waals surface area contributed by atoms with Gasteiger partial charge < -0.3 is 10.1 Å². The van der Waals surface area contributed by atoms with E-state index in [0.29, 0.717) is 19.4 Å². The van der Waals surface area contributed by atoms with Crippen molar-refractivity contribution in [2.75, 3.05) is 20.2 Å². The largest absolute Gasteiger partial charge is 0.497 e. The number of piperidine rings is 1. The van der Waals surface area contributed by atoms with Crippen molar-refractivity contribution >= 4 is 17.7 Å². The minimum Gasteiger partial charge on any atom is -0.497 e. The molecule has 1 aromatic rings. The van der Waals surface area contributed by atoms with Crippen molar-refractivity contribution in [1.29, 1.82) is 0 Å². The lowest BCUT2D eigenvalue weighted by molar-refractivity contribution is -0.169. The Morgan fingerprint density at radius 3 is 2.54 bits per heavy atom. The normalized spacial score (nSPS) is 25.7. The monoisotopic (exact) mass is 386 g/mol. The lowest BCUT2D eigenvalue weighted by Gasteiger charge is -2.47. The standard InChI is InChI=1S/C22H30N2O4/c1-21(2)17-11-12-22(21,3)20(27)24(19(17)26)14-18(25)23-13-5-6-15-7-9-16(28-4)10-8-15/h7-10,17H,5-6,11-14H2,1-4H3,(H,23,25). The molecule has 152 valence electrons. The van der Waals surface area contributed by atoms with Crippen LogP contribution in [0.25, 0.3) is 0 Å². The Balaban J connectivity index is 1.49. The first-order valence-electron chi connectivity index (χ1n) is 9.96. The fraction of sp³-hybridized carbons (Fsp3) is 0.591. The summed E-state index contributed by atoms with van der Waals surface area (Å²) >= 11 is 0. The van der Waals surface area contributed by atoms with E-state index in [4.69, 9.17) is 4.74 Å². The molecule has 3 rings (SSSR count). The highest BCUT2D eigenvalue weighted by molar-refractivity contribution is 6.06. The smallest absolute Gasteiger partial charge is 0.240 e. The number of hydrogen-bond acceptors (Lipinski definition) is 4. The number of carbonyl (C=O) groups excluding carboxylic acids is 3. The van der Waals surface area contributed by atoms with E-state index in [-0.39, 0.29) is 35.6 Å². The van der Waals surface area contributed by atoms with Crippen molar-refractivity contribution in [1.82, 2.24) is 10.2 Å². The number of hydrogen-bond donors (Lipinski definition) is 1. The molecule has 28 heavy (non-hydrogen) atoms. The highest BCUT2D eigenvalue weighted by atomic mass is 16.5. The molecule has 2 atom stereocenters. The average molecular weight is 386 g/mol. The van der Waals surface area contributed by atoms with Crippen LogP contribution in [0.1, 0.15) is 45.6 Å². The number of ether oxygens (including phenoxy) is 1. The summed E-state index contributed by atoms with van der Waals surface area (Å²) in [5.74, 6) is -0.0426. The van der Waals surface area contributed by atoms with Gasteiger partial charge in [0.15, 0.2) is 0 Å². The minimum atomic E-state index is -0.569. The first-order valence-corrected chi connectivity index (χ1v) is 9.96. The summed E-state index contributed by atoms with van der Waals surface area (Å²) in [5.41, 5.74) is 0.246. The van der Waals surface area contributed by atoms with E-state index >= 15 is 0 Å². The number of carbonyl (C=O) groups is 3. The summed E-state index contributed by atoms with van der Waals surface area (Å²) in [6.07, 6.45) is 3.04. The molecule has 1 heterocycles. The quantitative estimate of drug-likeness (QED) is 0.577. The van der Waals surface area contributed by atoms with E-state index in [1.165, 1.54) is 10.5 Å². The van der Waals surface area contributed by atoms with Gasteiger partial charge in [0.1, 0.15) is 12.3 Å². The van der Waals surface area contributed by atoms with E-state index in [9.17, 15) is 14.4 Å². The summed E-state index contributed by atoms with van der Waals surface area (Å²) in [7, 11) is 1.63. The van der Waals surface area contributed by atoms with Crippen molar-refractivity contribution in [3.63, 3.8) is 0 Å². The number of likely N-dealkylation sites (tertiary alicyclic amines) is 1. The van der Waals surface area contributed by atoms with E-state index in [1.807, 2.05) is 45.0 Å². The zero-order chi connectivity index (χ0) is 20.5. The van der Waals surface area contributed by atoms with Crippen molar-refractivity contribution in [3.8, 4) is 5.75 Å². The molecule has 1 aliphatic carbocycles. The number of methoxy groups -OCH3 is 1. The van der Waals surface area contributed by atoms with Crippen LogP contribution in [0.2, 0.25) is 0 Å². The van der Waals surface area contributed by atoms with Crippen molar-refractivity contribution in [2.45, 2.75) is 46.5 Å². The van der Waals surface area contributed by atoms with Crippen LogP contribution in [-0.4, -0.2) is 42.8 Å². The van der Waals surface area contributed by atoms with E-state index in [1.54, 1.807) is 7.11 Å². The third-order valence-electron chi connectivity index (χ3n) is 6.93. The minimum absolute atomic E-state index is 0.178. The summed E-state index contributed by atoms with van der Waals surface area (Å²) < 4.78 is 5.14. The second-order valence-electron chi connectivity index (χ2n) is 8.68. The molecule has 0 spiro atoms. The molecular formula is C22H30N2O4. The number of amides is 3. The van der Waals surface area contributed by atoms with Crippen LogP contribution in [-0.2, 0) is 20.8 Å². The third-order valence-corrected chi connectivity index (χ3v) is 6.93. The van der Waals surface area contributed by atoms with Gasteiger partial charge in [0.2, 0.25) is 17.7 Å². The Bertz CT molecular complexity index is 771. The van der Waals surface area contributed by atoms with Gasteiger partial charge in [-0.2, -0.15) is 0 Å². The predicted octanol–water partition coefficient (Wildman–Crippen LogP) is 2.56. The molecule has 2 aliphatic rings. The molecule has 2 bridgehead atoms. The number of rotatable bonds is 7. The molecule has 1 aliphatic heterocycles. The lowest BCUT2D eigenvalue weighted by atomic mass is 9.62. The number of aryl methyl sites for hydroxylation is 1. The molecule has 0 radical (unpaired) electrons. The van der Waals surface area contributed by atoms with Gasteiger partial charge in [0.05, 0.1) is 12.5 Å². The van der Waals surface area contributed by atoms with Gasteiger partial charge in [0.25, 0.3) is 0 Å². The van der Waals surface area contributed by atoms with Crippen molar-refractivity contribution < 1.29 is 19.1 Å². The Morgan fingerprint density at radius 2 is 1.89 bits per heavy atom. The lowest BCUT2D eigenvalue weighted by Crippen LogP contribution is -2.60. The van der Waals surface area contributed by atoms with Gasteiger partial charge in [0, 0.05) is 12.5 Å². The fourth-order valence-electron chi connectivity index (χ4n) is 4.56. The number of nitrogens with zero attached hydrogens (tertiary/aromatic N) is 1. The Morgan fingerprint density at radius 1 is 1.21 bits per heavy atom. The van der Waals surface area contributed by atoms with E-state index in [0.717, 1.165) is 18.6 Å². The van der Waals surface area contributed by atoms with Crippen LogP contribution >= 0.6 is 0 Å². The van der Waals surface area contributed by atoms with Crippen molar-refractivity contribution in [3.05, 3.63) is 29.8 Å². The molecule has 0 aromatic heterocycles. The van der Waals surface area contributed by atoms with Gasteiger partial charge in [-0.05, 0) is 48.8 Å². The molecule has 1 saturated heterocycles. The average Bonchev–Trinajstić information content (AvgIpc) is 2.87. The summed E-state index contributed by atoms with van der Waals surface area (Å²) in [6.45, 7) is 6.26. The number of nitrogens with one attached hydrogen (secondary N) is 1. The van der Waals surface area contributed by atoms with Crippen LogP contribution in [0.5, 0.6) is 5.75 Å². The first-order chi connectivity index (χ1) is 13.2. The fourth-order valence-corrected chi connectivity index (χ4v) is 4.56. The molecular weight excluding hydrogens is 356 g/mol. The highest BCUT2D eigenvalue weighted by Gasteiger charge is 2.64. The Kier molecular flexibility index (Phi) is 5.50. The van der Waals surface area contributed by atoms with Crippen LogP contribution in [0.3, 0.4) is 0 Å². The SMILES string of the molecule is COc1ccc(CCCNC(=O)CN2C(=O)C3CCC(C)(C2=O)C3(C)C)cc1. The van der Waals surface area contributed by atoms with Gasteiger partial charge in [-0.1, -0.05) is 32.9 Å². The molecule has 1 aromatic carbocycles. The van der Waals surface area contributed by atoms with Crippen LogP contribution in [0, 0.1) is 16.7 Å². The molecule has 3 amide bonds. The second-order valence-corrected chi connectivity index (χ2v) is 8.68. The molecule has 6 nitrogen and oxygen atoms in total. The van der Waals surface area contributed by atoms with Gasteiger partial charge in [-0.3, -0.25) is 19.3 Å². The van der Waals surface area contributed by atoms with Gasteiger partial charge >= 0.3 is 0 Å². The Labute approximate surface area is 166 Å². The first kappa shape index (κ1) is 20.4. The molecule has 2 unspecified atom stereocenters. The van der Waals surface area contributed by atoms with Crippen LogP contribution in [0.4, 0.5) is 0 Å². The summed E-state index contributed by atoms with van der Waals surface area (Å²) in [4.78, 5) is 39.2. The van der Waals surface area contributed by atoms with Gasteiger partial charge in [-0.25, -0.2) is 0 Å². The Hall–Kier alpha value is -2.37. The summed E-state index contributed by atoms with van der Waals surface area (Å²) in [5, 5.41) is 2.84. The summed E-state index contributed by atoms with van der Waals surface area (Å²) in [6, 6.07) is 7.84. The second kappa shape index (κ2) is 7.57. The van der Waals surface area contributed by atoms with Gasteiger partial charge in [-0.15, -0.1) is 0 Å². The third kappa shape index (κ3) is 3.40. The maximum absolute atomic E-state index is 12.9. The molecule has 2 fully saturated rings.